The minimum atomic E-state index is -1.43. The van der Waals surface area contributed by atoms with Gasteiger partial charge in [-0.1, -0.05) is 13.0 Å². The first-order valence-corrected chi connectivity index (χ1v) is 6.66. The largest absolute Gasteiger partial charge is 0.478 e. The zero-order chi connectivity index (χ0) is 13.9. The lowest BCUT2D eigenvalue weighted by Gasteiger charge is -2.08. The molecule has 98 valence electrons. The van der Waals surface area contributed by atoms with Gasteiger partial charge >= 0.3 is 5.97 Å². The van der Waals surface area contributed by atoms with Crippen LogP contribution in [0, 0.1) is 12.8 Å². The average molecular weight is 269 g/mol. The number of carbonyl (C=O) groups excluding carboxylic acids is 1. The number of carbonyl (C=O) groups is 2. The van der Waals surface area contributed by atoms with Gasteiger partial charge in [-0.2, -0.15) is 0 Å². The number of rotatable bonds is 5. The third-order valence-electron chi connectivity index (χ3n) is 2.59. The van der Waals surface area contributed by atoms with Crippen molar-refractivity contribution in [2.24, 2.45) is 11.7 Å². The van der Waals surface area contributed by atoms with Crippen molar-refractivity contribution in [2.45, 2.75) is 18.7 Å². The third-order valence-corrected chi connectivity index (χ3v) is 4.17. The van der Waals surface area contributed by atoms with Crippen molar-refractivity contribution in [1.29, 1.82) is 0 Å². The van der Waals surface area contributed by atoms with Crippen molar-refractivity contribution < 1.29 is 18.9 Å². The fourth-order valence-corrected chi connectivity index (χ4v) is 2.66. The summed E-state index contributed by atoms with van der Waals surface area (Å²) in [6, 6.07) is 4.58. The topological polar surface area (TPSA) is 97.5 Å². The molecule has 2 atom stereocenters. The van der Waals surface area contributed by atoms with Crippen LogP contribution >= 0.6 is 0 Å². The number of nitrogens with two attached hydrogens (primary N) is 1. The van der Waals surface area contributed by atoms with Gasteiger partial charge < -0.3 is 10.8 Å². The fourth-order valence-electron chi connectivity index (χ4n) is 1.38. The van der Waals surface area contributed by atoms with Gasteiger partial charge in [0.05, 0.1) is 16.4 Å². The van der Waals surface area contributed by atoms with E-state index in [0.29, 0.717) is 10.5 Å². The van der Waals surface area contributed by atoms with Crippen LogP contribution in [-0.4, -0.2) is 26.9 Å². The second kappa shape index (κ2) is 5.77. The van der Waals surface area contributed by atoms with Crippen LogP contribution in [0.4, 0.5) is 0 Å². The van der Waals surface area contributed by atoms with Gasteiger partial charge in [-0.3, -0.25) is 9.00 Å². The molecule has 0 aliphatic carbocycles. The van der Waals surface area contributed by atoms with Gasteiger partial charge in [0, 0.05) is 16.6 Å². The minimum Gasteiger partial charge on any atom is -0.478 e. The monoisotopic (exact) mass is 269 g/mol. The highest BCUT2D eigenvalue weighted by Gasteiger charge is 2.16. The van der Waals surface area contributed by atoms with Crippen molar-refractivity contribution in [2.75, 3.05) is 5.75 Å². The Bertz CT molecular complexity index is 513. The minimum absolute atomic E-state index is 0.0947. The first-order chi connectivity index (χ1) is 8.32. The van der Waals surface area contributed by atoms with Crippen molar-refractivity contribution in [3.8, 4) is 0 Å². The van der Waals surface area contributed by atoms with Crippen molar-refractivity contribution in [1.82, 2.24) is 0 Å². The Balaban J connectivity index is 2.97. The number of aromatic carboxylic acids is 1. The second-order valence-electron chi connectivity index (χ2n) is 4.10. The molecule has 1 aromatic rings. The zero-order valence-electron chi connectivity index (χ0n) is 10.2. The quantitative estimate of drug-likeness (QED) is 0.830. The fraction of sp³-hybridized carbons (Fsp3) is 0.333. The molecule has 18 heavy (non-hydrogen) atoms. The van der Waals surface area contributed by atoms with Crippen molar-refractivity contribution in [3.05, 3.63) is 29.3 Å². The Kier molecular flexibility index (Phi) is 4.61. The zero-order valence-corrected chi connectivity index (χ0v) is 11.0. The molecule has 0 aliphatic heterocycles. The van der Waals surface area contributed by atoms with Crippen LogP contribution in [0.5, 0.6) is 0 Å². The van der Waals surface area contributed by atoms with Gasteiger partial charge in [-0.25, -0.2) is 4.79 Å². The number of primary amides is 1. The molecule has 0 saturated carbocycles. The van der Waals surface area contributed by atoms with Crippen LogP contribution in [0.3, 0.4) is 0 Å². The summed E-state index contributed by atoms with van der Waals surface area (Å²) >= 11 is 0. The lowest BCUT2D eigenvalue weighted by Crippen LogP contribution is -2.25. The molecule has 0 saturated heterocycles. The van der Waals surface area contributed by atoms with E-state index in [1.54, 1.807) is 26.0 Å². The molecule has 0 heterocycles. The van der Waals surface area contributed by atoms with Crippen LogP contribution in [-0.2, 0) is 15.6 Å². The summed E-state index contributed by atoms with van der Waals surface area (Å²) in [5, 5.41) is 8.97. The molecule has 0 aromatic heterocycles. The van der Waals surface area contributed by atoms with E-state index < -0.39 is 28.6 Å². The van der Waals surface area contributed by atoms with E-state index >= 15 is 0 Å². The van der Waals surface area contributed by atoms with Crippen LogP contribution < -0.4 is 5.73 Å². The molecule has 0 bridgehead atoms. The highest BCUT2D eigenvalue weighted by atomic mass is 32.2. The maximum absolute atomic E-state index is 12.0. The number of carboxylic acids is 1. The Morgan fingerprint density at radius 2 is 2.06 bits per heavy atom. The molecule has 6 heteroatoms. The van der Waals surface area contributed by atoms with E-state index in [0.717, 1.165) is 0 Å². The Morgan fingerprint density at radius 3 is 2.56 bits per heavy atom. The maximum Gasteiger partial charge on any atom is 0.335 e. The van der Waals surface area contributed by atoms with Crippen molar-refractivity contribution >= 4 is 22.7 Å². The molecule has 1 rings (SSSR count). The molecule has 2 unspecified atom stereocenters. The van der Waals surface area contributed by atoms with Gasteiger partial charge in [0.1, 0.15) is 0 Å². The standard InChI is InChI=1S/C12H15NO4S/c1-7-3-4-9(5-10(7)12(15)16)18(17)6-8(2)11(13)14/h3-5,8H,6H2,1-2H3,(H2,13,14)(H,15,16). The summed E-state index contributed by atoms with van der Waals surface area (Å²) in [4.78, 5) is 22.2. The maximum atomic E-state index is 12.0. The average Bonchev–Trinajstić information content (AvgIpc) is 2.28. The SMILES string of the molecule is Cc1ccc(S(=O)CC(C)C(N)=O)cc1C(=O)O. The Morgan fingerprint density at radius 1 is 1.44 bits per heavy atom. The van der Waals surface area contributed by atoms with E-state index in [9.17, 15) is 13.8 Å². The molecule has 1 amide bonds. The molecule has 0 fully saturated rings. The van der Waals surface area contributed by atoms with Gasteiger partial charge in [0.15, 0.2) is 0 Å². The highest BCUT2D eigenvalue weighted by molar-refractivity contribution is 7.85. The predicted octanol–water partition coefficient (Wildman–Crippen LogP) is 0.922. The number of hydrogen-bond donors (Lipinski definition) is 2. The molecule has 0 spiro atoms. The van der Waals surface area contributed by atoms with Crippen LogP contribution in [0.2, 0.25) is 0 Å². The van der Waals surface area contributed by atoms with E-state index in [1.807, 2.05) is 0 Å². The smallest absolute Gasteiger partial charge is 0.335 e. The van der Waals surface area contributed by atoms with E-state index in [2.05, 4.69) is 0 Å². The van der Waals surface area contributed by atoms with Crippen LogP contribution in [0.25, 0.3) is 0 Å². The first-order valence-electron chi connectivity index (χ1n) is 5.34. The lowest BCUT2D eigenvalue weighted by molar-refractivity contribution is -0.120. The van der Waals surface area contributed by atoms with E-state index in [1.165, 1.54) is 6.07 Å². The normalized spacial score (nSPS) is 13.9. The first kappa shape index (κ1) is 14.4. The third kappa shape index (κ3) is 3.40. The van der Waals surface area contributed by atoms with Gasteiger partial charge in [0.25, 0.3) is 0 Å². The summed E-state index contributed by atoms with van der Waals surface area (Å²) in [5.41, 5.74) is 5.82. The number of hydrogen-bond acceptors (Lipinski definition) is 3. The molecular formula is C12H15NO4S. The molecule has 0 radical (unpaired) electrons. The number of amides is 1. The molecule has 1 aromatic carbocycles. The number of benzene rings is 1. The van der Waals surface area contributed by atoms with Crippen LogP contribution in [0.15, 0.2) is 23.1 Å². The second-order valence-corrected chi connectivity index (χ2v) is 5.59. The van der Waals surface area contributed by atoms with Gasteiger partial charge in [0.2, 0.25) is 5.91 Å². The number of carboxylic acid groups (broad SMARTS) is 1. The van der Waals surface area contributed by atoms with Crippen LogP contribution in [0.1, 0.15) is 22.8 Å². The summed E-state index contributed by atoms with van der Waals surface area (Å²) < 4.78 is 12.0. The Hall–Kier alpha value is -1.69. The Labute approximate surface area is 107 Å². The predicted molar refractivity (Wildman–Crippen MR) is 67.8 cm³/mol. The molecule has 3 N–H and O–H groups in total. The van der Waals surface area contributed by atoms with Gasteiger partial charge in [-0.15, -0.1) is 0 Å². The highest BCUT2D eigenvalue weighted by Crippen LogP contribution is 2.16. The molecule has 0 aliphatic rings. The van der Waals surface area contributed by atoms with E-state index in [-0.39, 0.29) is 11.3 Å². The summed E-state index contributed by atoms with van der Waals surface area (Å²) in [6.07, 6.45) is 0. The summed E-state index contributed by atoms with van der Waals surface area (Å²) in [7, 11) is -1.43. The van der Waals surface area contributed by atoms with Gasteiger partial charge in [-0.05, 0) is 24.6 Å². The lowest BCUT2D eigenvalue weighted by atomic mass is 10.1. The molecular weight excluding hydrogens is 254 g/mol. The van der Waals surface area contributed by atoms with Crippen molar-refractivity contribution in [3.63, 3.8) is 0 Å². The number of aryl methyl sites for hydroxylation is 1. The van der Waals surface area contributed by atoms with E-state index in [4.69, 9.17) is 10.8 Å². The molecule has 5 nitrogen and oxygen atoms in total. The summed E-state index contributed by atoms with van der Waals surface area (Å²) in [5.74, 6) is -2.00. The summed E-state index contributed by atoms with van der Waals surface area (Å²) in [6.45, 7) is 3.26.